The van der Waals surface area contributed by atoms with Crippen LogP contribution in [0.2, 0.25) is 5.02 Å². The Balaban J connectivity index is 1.89. The normalized spacial score (nSPS) is 11.2. The van der Waals surface area contributed by atoms with Crippen molar-refractivity contribution in [1.82, 2.24) is 19.7 Å². The minimum atomic E-state index is -0.135. The van der Waals surface area contributed by atoms with Gasteiger partial charge in [0, 0.05) is 8.59 Å². The van der Waals surface area contributed by atoms with Gasteiger partial charge in [0.15, 0.2) is 5.16 Å². The number of benzene rings is 2. The highest BCUT2D eigenvalue weighted by atomic mass is 127. The summed E-state index contributed by atoms with van der Waals surface area (Å²) in [6.45, 7) is 0. The topological polar surface area (TPSA) is 73.8 Å². The van der Waals surface area contributed by atoms with Crippen molar-refractivity contribution < 1.29 is 4.42 Å². The monoisotopic (exact) mass is 496 g/mol. The smallest absolute Gasteiger partial charge is 0.266 e. The maximum absolute atomic E-state index is 13.2. The zero-order chi connectivity index (χ0) is 18.1. The Morgan fingerprint density at radius 2 is 2.00 bits per heavy atom. The molecule has 0 spiro atoms. The number of halogens is 2. The molecule has 0 amide bonds. The van der Waals surface area contributed by atoms with Crippen molar-refractivity contribution in [3.8, 4) is 5.69 Å². The van der Waals surface area contributed by atoms with E-state index in [2.05, 4.69) is 37.8 Å². The molecular formula is C17H10ClIN4O2S. The van der Waals surface area contributed by atoms with Crippen LogP contribution in [-0.4, -0.2) is 19.7 Å². The van der Waals surface area contributed by atoms with Crippen LogP contribution in [0.25, 0.3) is 16.6 Å². The van der Waals surface area contributed by atoms with Gasteiger partial charge >= 0.3 is 0 Å². The Labute approximate surface area is 170 Å². The Hall–Kier alpha value is -1.91. The third-order valence-corrected chi connectivity index (χ3v) is 5.46. The molecule has 0 fully saturated rings. The predicted octanol–water partition coefficient (Wildman–Crippen LogP) is 4.32. The Morgan fingerprint density at radius 1 is 1.19 bits per heavy atom. The summed E-state index contributed by atoms with van der Waals surface area (Å²) in [5.74, 6) is 0.880. The lowest BCUT2D eigenvalue weighted by atomic mass is 10.2. The number of aromatic nitrogens is 4. The van der Waals surface area contributed by atoms with Crippen LogP contribution in [0.4, 0.5) is 0 Å². The van der Waals surface area contributed by atoms with Gasteiger partial charge in [0.2, 0.25) is 12.3 Å². The Kier molecular flexibility index (Phi) is 4.96. The zero-order valence-electron chi connectivity index (χ0n) is 13.1. The van der Waals surface area contributed by atoms with Crippen LogP contribution in [0.1, 0.15) is 5.89 Å². The van der Waals surface area contributed by atoms with Crippen molar-refractivity contribution in [3.05, 3.63) is 73.7 Å². The van der Waals surface area contributed by atoms with Gasteiger partial charge in [-0.2, -0.15) is 0 Å². The van der Waals surface area contributed by atoms with Crippen LogP contribution in [0.5, 0.6) is 0 Å². The lowest BCUT2D eigenvalue weighted by Gasteiger charge is -2.13. The Morgan fingerprint density at radius 3 is 2.73 bits per heavy atom. The van der Waals surface area contributed by atoms with Crippen LogP contribution in [0, 0.1) is 3.57 Å². The molecular weight excluding hydrogens is 487 g/mol. The highest BCUT2D eigenvalue weighted by molar-refractivity contribution is 14.1. The van der Waals surface area contributed by atoms with Crippen LogP contribution >= 0.6 is 46.0 Å². The highest BCUT2D eigenvalue weighted by Gasteiger charge is 2.15. The van der Waals surface area contributed by atoms with E-state index in [0.717, 1.165) is 3.57 Å². The van der Waals surface area contributed by atoms with Gasteiger partial charge < -0.3 is 4.42 Å². The minimum absolute atomic E-state index is 0.135. The second-order valence-corrected chi connectivity index (χ2v) is 7.92. The average Bonchev–Trinajstić information content (AvgIpc) is 3.15. The van der Waals surface area contributed by atoms with Gasteiger partial charge in [0.25, 0.3) is 5.56 Å². The van der Waals surface area contributed by atoms with Gasteiger partial charge in [-0.25, -0.2) is 4.98 Å². The third kappa shape index (κ3) is 3.49. The number of hydrogen-bond acceptors (Lipinski definition) is 6. The summed E-state index contributed by atoms with van der Waals surface area (Å²) in [6, 6.07) is 12.7. The molecule has 26 heavy (non-hydrogen) atoms. The fourth-order valence-electron chi connectivity index (χ4n) is 2.44. The van der Waals surface area contributed by atoms with Crippen LogP contribution in [0.3, 0.4) is 0 Å². The molecule has 0 aliphatic heterocycles. The molecule has 6 nitrogen and oxygen atoms in total. The molecule has 9 heteroatoms. The van der Waals surface area contributed by atoms with Crippen LogP contribution < -0.4 is 5.56 Å². The van der Waals surface area contributed by atoms with Crippen molar-refractivity contribution in [1.29, 1.82) is 0 Å². The van der Waals surface area contributed by atoms with Crippen molar-refractivity contribution in [2.75, 3.05) is 0 Å². The molecule has 4 aromatic rings. The van der Waals surface area contributed by atoms with Gasteiger partial charge in [0.05, 0.1) is 22.3 Å². The molecule has 2 heterocycles. The summed E-state index contributed by atoms with van der Waals surface area (Å²) in [4.78, 5) is 17.8. The molecule has 0 aliphatic rings. The molecule has 0 saturated carbocycles. The van der Waals surface area contributed by atoms with E-state index < -0.39 is 0 Å². The van der Waals surface area contributed by atoms with Crippen molar-refractivity contribution >= 4 is 56.9 Å². The lowest BCUT2D eigenvalue weighted by molar-refractivity contribution is 0.514. The predicted molar refractivity (Wildman–Crippen MR) is 109 cm³/mol. The van der Waals surface area contributed by atoms with Crippen LogP contribution in [0.15, 0.2) is 63.2 Å². The lowest BCUT2D eigenvalue weighted by Crippen LogP contribution is -2.21. The quantitative estimate of drug-likeness (QED) is 0.238. The fraction of sp³-hybridized carbons (Fsp3) is 0.0588. The first-order chi connectivity index (χ1) is 12.6. The number of hydrogen-bond donors (Lipinski definition) is 0. The van der Waals surface area contributed by atoms with Crippen molar-refractivity contribution in [2.45, 2.75) is 10.9 Å². The van der Waals surface area contributed by atoms with E-state index in [9.17, 15) is 4.79 Å². The molecule has 0 aliphatic carbocycles. The summed E-state index contributed by atoms with van der Waals surface area (Å²) >= 11 is 9.53. The molecule has 0 atom stereocenters. The number of nitrogens with zero attached hydrogens (tertiary/aromatic N) is 4. The largest absolute Gasteiger partial charge is 0.427 e. The summed E-state index contributed by atoms with van der Waals surface area (Å²) in [5.41, 5.74) is 1.21. The van der Waals surface area contributed by atoms with E-state index in [0.29, 0.717) is 38.4 Å². The molecule has 130 valence electrons. The number of rotatable bonds is 4. The molecule has 0 saturated heterocycles. The van der Waals surface area contributed by atoms with Crippen molar-refractivity contribution in [2.24, 2.45) is 0 Å². The summed E-state index contributed by atoms with van der Waals surface area (Å²) in [7, 11) is 0. The molecule has 4 rings (SSSR count). The molecule has 0 radical (unpaired) electrons. The summed E-state index contributed by atoms with van der Waals surface area (Å²) in [6.07, 6.45) is 1.28. The second-order valence-electron chi connectivity index (χ2n) is 5.29. The van der Waals surface area contributed by atoms with Gasteiger partial charge in [0.1, 0.15) is 0 Å². The van der Waals surface area contributed by atoms with Gasteiger partial charge in [-0.15, -0.1) is 10.2 Å². The highest BCUT2D eigenvalue weighted by Crippen LogP contribution is 2.25. The first-order valence-electron chi connectivity index (χ1n) is 7.48. The first-order valence-corrected chi connectivity index (χ1v) is 9.92. The molecule has 2 aromatic heterocycles. The average molecular weight is 497 g/mol. The molecule has 0 bridgehead atoms. The third-order valence-electron chi connectivity index (χ3n) is 3.61. The van der Waals surface area contributed by atoms with Gasteiger partial charge in [-0.05, 0) is 65.1 Å². The standard InChI is InChI=1S/C17H10ClIN4O2S/c18-10-1-4-12(5-2-10)23-16(24)13-7-11(19)3-6-14(13)21-17(23)26-8-15-22-20-9-25-15/h1-7,9H,8H2. The second kappa shape index (κ2) is 7.37. The van der Waals surface area contributed by atoms with Crippen LogP contribution in [-0.2, 0) is 5.75 Å². The van der Waals surface area contributed by atoms with E-state index in [1.165, 1.54) is 18.2 Å². The van der Waals surface area contributed by atoms with E-state index in [4.69, 9.17) is 16.0 Å². The Bertz CT molecular complexity index is 1130. The number of thioether (sulfide) groups is 1. The molecule has 0 unspecified atom stereocenters. The maximum atomic E-state index is 13.2. The first kappa shape index (κ1) is 17.5. The van der Waals surface area contributed by atoms with Gasteiger partial charge in [-0.3, -0.25) is 9.36 Å². The van der Waals surface area contributed by atoms with E-state index in [1.807, 2.05) is 18.2 Å². The van der Waals surface area contributed by atoms with Gasteiger partial charge in [-0.1, -0.05) is 23.4 Å². The van der Waals surface area contributed by atoms with E-state index in [-0.39, 0.29) is 5.56 Å². The SMILES string of the molecule is O=c1c2cc(I)ccc2nc(SCc2nnco2)n1-c1ccc(Cl)cc1. The zero-order valence-corrected chi connectivity index (χ0v) is 16.8. The number of fused-ring (bicyclic) bond motifs is 1. The van der Waals surface area contributed by atoms with Crippen molar-refractivity contribution in [3.63, 3.8) is 0 Å². The maximum Gasteiger partial charge on any atom is 0.266 e. The molecule has 2 aromatic carbocycles. The van der Waals surface area contributed by atoms with E-state index >= 15 is 0 Å². The summed E-state index contributed by atoms with van der Waals surface area (Å²) in [5, 5.41) is 9.25. The molecule has 0 N–H and O–H groups in total. The minimum Gasteiger partial charge on any atom is -0.427 e. The summed E-state index contributed by atoms with van der Waals surface area (Å²) < 4.78 is 7.73. The van der Waals surface area contributed by atoms with E-state index in [1.54, 1.807) is 28.8 Å². The fourth-order valence-corrected chi connectivity index (χ4v) is 3.91.